The number of carbonyl (C=O) groups is 2. The fourth-order valence-electron chi connectivity index (χ4n) is 6.58. The van der Waals surface area contributed by atoms with E-state index in [-0.39, 0.29) is 11.9 Å². The largest absolute Gasteiger partial charge is 0.465 e. The molecule has 0 bridgehead atoms. The minimum atomic E-state index is -0.00292. The summed E-state index contributed by atoms with van der Waals surface area (Å²) in [6.45, 7) is 19.2. The standard InChI is InChI=1S/C43H85NO4/c1-35(2)29-31-39(37(5)6)33-47-42(45)27-23-19-15-11-13-17-21-25-41(44(9)10)26-22-18-14-12-16-20-24-28-43(46)48-34-40(38(7)8)32-30-36(3)4/h35-41H,11-34H2,1-10H3. The normalized spacial score (nSPS) is 14.0. The molecule has 0 saturated heterocycles. The smallest absolute Gasteiger partial charge is 0.305 e. The van der Waals surface area contributed by atoms with Gasteiger partial charge in [-0.05, 0) is 88.1 Å². The molecule has 2 unspecified atom stereocenters. The van der Waals surface area contributed by atoms with Crippen LogP contribution in [0.1, 0.15) is 197 Å². The summed E-state index contributed by atoms with van der Waals surface area (Å²) in [5.74, 6) is 3.51. The van der Waals surface area contributed by atoms with Crippen molar-refractivity contribution in [2.45, 2.75) is 203 Å². The van der Waals surface area contributed by atoms with Crippen molar-refractivity contribution in [3.63, 3.8) is 0 Å². The second-order valence-corrected chi connectivity index (χ2v) is 17.0. The van der Waals surface area contributed by atoms with Gasteiger partial charge < -0.3 is 14.4 Å². The van der Waals surface area contributed by atoms with Crippen LogP contribution in [0.25, 0.3) is 0 Å². The molecule has 0 aromatic rings. The minimum absolute atomic E-state index is 0.00292. The van der Waals surface area contributed by atoms with Gasteiger partial charge in [0.2, 0.25) is 0 Å². The zero-order valence-corrected chi connectivity index (χ0v) is 34.1. The van der Waals surface area contributed by atoms with Crippen LogP contribution in [-0.2, 0) is 19.1 Å². The second-order valence-electron chi connectivity index (χ2n) is 17.0. The summed E-state index contributed by atoms with van der Waals surface area (Å²) >= 11 is 0. The average molecular weight is 680 g/mol. The van der Waals surface area contributed by atoms with E-state index in [9.17, 15) is 9.59 Å². The van der Waals surface area contributed by atoms with Crippen molar-refractivity contribution in [1.29, 1.82) is 0 Å². The van der Waals surface area contributed by atoms with Crippen molar-refractivity contribution in [1.82, 2.24) is 4.90 Å². The zero-order chi connectivity index (χ0) is 36.2. The molecule has 5 nitrogen and oxygen atoms in total. The summed E-state index contributed by atoms with van der Waals surface area (Å²) in [5, 5.41) is 0. The summed E-state index contributed by atoms with van der Waals surface area (Å²) in [4.78, 5) is 26.9. The lowest BCUT2D eigenvalue weighted by molar-refractivity contribution is -0.146. The molecule has 0 radical (unpaired) electrons. The minimum Gasteiger partial charge on any atom is -0.465 e. The summed E-state index contributed by atoms with van der Waals surface area (Å²) in [7, 11) is 4.48. The van der Waals surface area contributed by atoms with Gasteiger partial charge in [-0.3, -0.25) is 9.59 Å². The monoisotopic (exact) mass is 680 g/mol. The van der Waals surface area contributed by atoms with Crippen LogP contribution in [0.3, 0.4) is 0 Å². The molecule has 5 heteroatoms. The van der Waals surface area contributed by atoms with Crippen LogP contribution >= 0.6 is 0 Å². The Hall–Kier alpha value is -1.10. The van der Waals surface area contributed by atoms with E-state index < -0.39 is 0 Å². The highest BCUT2D eigenvalue weighted by atomic mass is 16.5. The van der Waals surface area contributed by atoms with Crippen LogP contribution in [0, 0.1) is 35.5 Å². The Bertz CT molecular complexity index is 689. The molecule has 2 atom stereocenters. The molecule has 0 N–H and O–H groups in total. The third-order valence-corrected chi connectivity index (χ3v) is 10.6. The quantitative estimate of drug-likeness (QED) is 0.0510. The molecule has 0 amide bonds. The number of rotatable bonds is 33. The lowest BCUT2D eigenvalue weighted by Gasteiger charge is -2.24. The lowest BCUT2D eigenvalue weighted by Crippen LogP contribution is -2.27. The van der Waals surface area contributed by atoms with Crippen LogP contribution in [0.2, 0.25) is 0 Å². The zero-order valence-electron chi connectivity index (χ0n) is 34.1. The molecule has 0 spiro atoms. The van der Waals surface area contributed by atoms with E-state index in [1.807, 2.05) is 0 Å². The van der Waals surface area contributed by atoms with Crippen molar-refractivity contribution >= 4 is 11.9 Å². The average Bonchev–Trinajstić information content (AvgIpc) is 3.01. The lowest BCUT2D eigenvalue weighted by atomic mass is 9.89. The van der Waals surface area contributed by atoms with Gasteiger partial charge in [-0.2, -0.15) is 0 Å². The van der Waals surface area contributed by atoms with Crippen molar-refractivity contribution in [3.8, 4) is 0 Å². The van der Waals surface area contributed by atoms with E-state index in [0.29, 0.717) is 67.6 Å². The highest BCUT2D eigenvalue weighted by Gasteiger charge is 2.18. The number of hydrogen-bond acceptors (Lipinski definition) is 5. The number of hydrogen-bond donors (Lipinski definition) is 0. The Kier molecular flexibility index (Phi) is 30.0. The number of carbonyl (C=O) groups excluding carboxylic acids is 2. The molecule has 0 aliphatic carbocycles. The Morgan fingerprint density at radius 1 is 0.438 bits per heavy atom. The summed E-state index contributed by atoms with van der Waals surface area (Å²) in [5.41, 5.74) is 0. The number of esters is 2. The van der Waals surface area contributed by atoms with Crippen LogP contribution in [0.15, 0.2) is 0 Å². The Morgan fingerprint density at radius 2 is 0.750 bits per heavy atom. The van der Waals surface area contributed by atoms with Crippen molar-refractivity contribution in [2.75, 3.05) is 27.3 Å². The van der Waals surface area contributed by atoms with Gasteiger partial charge in [0.25, 0.3) is 0 Å². The fraction of sp³-hybridized carbons (Fsp3) is 0.953. The molecule has 0 rings (SSSR count). The Balaban J connectivity index is 3.79. The molecule has 48 heavy (non-hydrogen) atoms. The molecular formula is C43H85NO4. The molecule has 0 fully saturated rings. The summed E-state index contributed by atoms with van der Waals surface area (Å²) in [6, 6.07) is 0.698. The molecule has 0 aromatic carbocycles. The van der Waals surface area contributed by atoms with E-state index in [4.69, 9.17) is 9.47 Å². The first kappa shape index (κ1) is 46.9. The predicted octanol–water partition coefficient (Wildman–Crippen LogP) is 12.4. The molecule has 0 aliphatic rings. The predicted molar refractivity (Wildman–Crippen MR) is 207 cm³/mol. The van der Waals surface area contributed by atoms with Crippen molar-refractivity contribution < 1.29 is 19.1 Å². The van der Waals surface area contributed by atoms with Crippen LogP contribution in [-0.4, -0.2) is 50.2 Å². The first-order chi connectivity index (χ1) is 22.8. The van der Waals surface area contributed by atoms with Gasteiger partial charge in [-0.25, -0.2) is 0 Å². The number of unbranched alkanes of at least 4 members (excludes halogenated alkanes) is 12. The Labute approximate surface area is 300 Å². The van der Waals surface area contributed by atoms with Gasteiger partial charge in [0.15, 0.2) is 0 Å². The molecule has 286 valence electrons. The summed E-state index contributed by atoms with van der Waals surface area (Å²) in [6.07, 6.45) is 25.6. The van der Waals surface area contributed by atoms with Crippen LogP contribution in [0.5, 0.6) is 0 Å². The van der Waals surface area contributed by atoms with Crippen LogP contribution < -0.4 is 0 Å². The Morgan fingerprint density at radius 3 is 1.04 bits per heavy atom. The molecular weight excluding hydrogens is 594 g/mol. The van der Waals surface area contributed by atoms with Gasteiger partial charge in [0.1, 0.15) is 0 Å². The van der Waals surface area contributed by atoms with E-state index in [1.165, 1.54) is 89.9 Å². The van der Waals surface area contributed by atoms with Crippen LogP contribution in [0.4, 0.5) is 0 Å². The maximum absolute atomic E-state index is 12.2. The van der Waals surface area contributed by atoms with Gasteiger partial charge in [-0.1, -0.05) is 145 Å². The third kappa shape index (κ3) is 28.7. The van der Waals surface area contributed by atoms with E-state index in [2.05, 4.69) is 74.4 Å². The maximum Gasteiger partial charge on any atom is 0.305 e. The summed E-state index contributed by atoms with van der Waals surface area (Å²) < 4.78 is 11.3. The second kappa shape index (κ2) is 30.7. The van der Waals surface area contributed by atoms with E-state index in [0.717, 1.165) is 38.5 Å². The first-order valence-corrected chi connectivity index (χ1v) is 20.8. The van der Waals surface area contributed by atoms with Crippen molar-refractivity contribution in [3.05, 3.63) is 0 Å². The topological polar surface area (TPSA) is 55.8 Å². The highest BCUT2D eigenvalue weighted by Crippen LogP contribution is 2.23. The van der Waals surface area contributed by atoms with E-state index in [1.54, 1.807) is 0 Å². The molecule has 0 saturated carbocycles. The first-order valence-electron chi connectivity index (χ1n) is 20.8. The number of ether oxygens (including phenoxy) is 2. The SMILES string of the molecule is CC(C)CCC(COC(=O)CCCCCCCCCC(CCCCCCCCCC(=O)OCC(CCC(C)C)C(C)C)N(C)C)C(C)C. The van der Waals surface area contributed by atoms with Crippen molar-refractivity contribution in [2.24, 2.45) is 35.5 Å². The number of nitrogens with zero attached hydrogens (tertiary/aromatic N) is 1. The fourth-order valence-corrected chi connectivity index (χ4v) is 6.58. The van der Waals surface area contributed by atoms with Gasteiger partial charge in [-0.15, -0.1) is 0 Å². The molecule has 0 aliphatic heterocycles. The van der Waals surface area contributed by atoms with Gasteiger partial charge >= 0.3 is 11.9 Å². The maximum atomic E-state index is 12.2. The van der Waals surface area contributed by atoms with Gasteiger partial charge in [0, 0.05) is 18.9 Å². The van der Waals surface area contributed by atoms with Gasteiger partial charge in [0.05, 0.1) is 13.2 Å². The highest BCUT2D eigenvalue weighted by molar-refractivity contribution is 5.69. The molecule has 0 aromatic heterocycles. The molecule has 0 heterocycles. The third-order valence-electron chi connectivity index (χ3n) is 10.6. The van der Waals surface area contributed by atoms with E-state index >= 15 is 0 Å².